The summed E-state index contributed by atoms with van der Waals surface area (Å²) in [6.07, 6.45) is 4.73. The average Bonchev–Trinajstić information content (AvgIpc) is 3.30. The van der Waals surface area contributed by atoms with E-state index in [0.717, 1.165) is 70.8 Å². The molecule has 1 unspecified atom stereocenters. The molecule has 0 aromatic heterocycles. The fourth-order valence-electron chi connectivity index (χ4n) is 4.18. The van der Waals surface area contributed by atoms with Crippen LogP contribution in [0.1, 0.15) is 50.7 Å². The molecule has 32 heavy (non-hydrogen) atoms. The van der Waals surface area contributed by atoms with Crippen LogP contribution in [-0.2, 0) is 22.6 Å². The molecule has 1 aromatic carbocycles. The van der Waals surface area contributed by atoms with E-state index in [4.69, 9.17) is 14.5 Å². The van der Waals surface area contributed by atoms with Crippen molar-refractivity contribution in [1.82, 2.24) is 15.5 Å². The number of halogens is 1. The molecule has 2 saturated heterocycles. The van der Waals surface area contributed by atoms with E-state index in [1.807, 2.05) is 0 Å². The lowest BCUT2D eigenvalue weighted by atomic mass is 9.98. The molecule has 2 N–H and O–H groups in total. The zero-order valence-electron chi connectivity index (χ0n) is 20.0. The van der Waals surface area contributed by atoms with E-state index in [0.29, 0.717) is 12.5 Å². The van der Waals surface area contributed by atoms with Crippen LogP contribution < -0.4 is 10.6 Å². The third-order valence-corrected chi connectivity index (χ3v) is 6.28. The first-order valence-corrected chi connectivity index (χ1v) is 12.2. The van der Waals surface area contributed by atoms with Gasteiger partial charge in [-0.25, -0.2) is 4.99 Å². The van der Waals surface area contributed by atoms with Gasteiger partial charge in [-0.3, -0.25) is 4.90 Å². The lowest BCUT2D eigenvalue weighted by Crippen LogP contribution is -2.38. The van der Waals surface area contributed by atoms with Crippen molar-refractivity contribution in [3.05, 3.63) is 35.4 Å². The molecule has 3 rings (SSSR count). The van der Waals surface area contributed by atoms with Crippen LogP contribution in [0.2, 0.25) is 0 Å². The predicted molar refractivity (Wildman–Crippen MR) is 143 cm³/mol. The number of hydrogen-bond donors (Lipinski definition) is 2. The number of aliphatic imine (C=N–C) groups is 1. The van der Waals surface area contributed by atoms with Crippen molar-refractivity contribution in [2.45, 2.75) is 52.6 Å². The molecule has 0 spiro atoms. The summed E-state index contributed by atoms with van der Waals surface area (Å²) in [7, 11) is 0. The molecule has 1 aromatic rings. The summed E-state index contributed by atoms with van der Waals surface area (Å²) in [4.78, 5) is 7.44. The highest BCUT2D eigenvalue weighted by Gasteiger charge is 2.17. The normalized spacial score (nSPS) is 20.2. The summed E-state index contributed by atoms with van der Waals surface area (Å²) >= 11 is 0. The van der Waals surface area contributed by atoms with Gasteiger partial charge in [0.1, 0.15) is 0 Å². The van der Waals surface area contributed by atoms with Gasteiger partial charge in [-0.1, -0.05) is 31.2 Å². The second-order valence-electron chi connectivity index (χ2n) is 9.01. The van der Waals surface area contributed by atoms with Crippen LogP contribution in [-0.4, -0.2) is 63.5 Å². The SMILES string of the molecule is CCNC(=NCc1ccccc1CN1CCC(C)CC1)NCCCOCC1CCOC1.I. The van der Waals surface area contributed by atoms with E-state index in [9.17, 15) is 0 Å². The molecule has 0 bridgehead atoms. The van der Waals surface area contributed by atoms with Gasteiger partial charge in [0.2, 0.25) is 0 Å². The van der Waals surface area contributed by atoms with Crippen LogP contribution in [0.15, 0.2) is 29.3 Å². The maximum Gasteiger partial charge on any atom is 0.191 e. The van der Waals surface area contributed by atoms with Gasteiger partial charge in [-0.15, -0.1) is 24.0 Å². The first-order valence-electron chi connectivity index (χ1n) is 12.2. The van der Waals surface area contributed by atoms with E-state index in [1.54, 1.807) is 0 Å². The minimum Gasteiger partial charge on any atom is -0.381 e. The average molecular weight is 559 g/mol. The summed E-state index contributed by atoms with van der Waals surface area (Å²) in [5.74, 6) is 2.33. The van der Waals surface area contributed by atoms with Gasteiger partial charge in [0.15, 0.2) is 5.96 Å². The van der Waals surface area contributed by atoms with Gasteiger partial charge in [0, 0.05) is 38.8 Å². The molecule has 2 aliphatic heterocycles. The summed E-state index contributed by atoms with van der Waals surface area (Å²) in [5, 5.41) is 6.81. The summed E-state index contributed by atoms with van der Waals surface area (Å²) in [6.45, 7) is 13.7. The smallest absolute Gasteiger partial charge is 0.191 e. The molecule has 6 nitrogen and oxygen atoms in total. The van der Waals surface area contributed by atoms with Crippen molar-refractivity contribution >= 4 is 29.9 Å². The fraction of sp³-hybridized carbons (Fsp3) is 0.720. The van der Waals surface area contributed by atoms with Gasteiger partial charge in [0.05, 0.1) is 19.8 Å². The van der Waals surface area contributed by atoms with Gasteiger partial charge >= 0.3 is 0 Å². The zero-order valence-corrected chi connectivity index (χ0v) is 22.3. The Hall–Kier alpha value is -0.900. The Balaban J connectivity index is 0.00000363. The number of ether oxygens (including phenoxy) is 2. The van der Waals surface area contributed by atoms with E-state index in [-0.39, 0.29) is 24.0 Å². The Kier molecular flexibility index (Phi) is 13.5. The van der Waals surface area contributed by atoms with Crippen molar-refractivity contribution in [1.29, 1.82) is 0 Å². The molecule has 7 heteroatoms. The Morgan fingerprint density at radius 2 is 1.94 bits per heavy atom. The maximum absolute atomic E-state index is 5.80. The topological polar surface area (TPSA) is 58.1 Å². The van der Waals surface area contributed by atoms with Crippen molar-refractivity contribution in [3.63, 3.8) is 0 Å². The Labute approximate surface area is 211 Å². The molecule has 0 aliphatic carbocycles. The summed E-state index contributed by atoms with van der Waals surface area (Å²) in [5.41, 5.74) is 2.72. The number of piperidine rings is 1. The predicted octanol–water partition coefficient (Wildman–Crippen LogP) is 4.03. The van der Waals surface area contributed by atoms with Gasteiger partial charge in [0.25, 0.3) is 0 Å². The van der Waals surface area contributed by atoms with Gasteiger partial charge in [-0.05, 0) is 62.7 Å². The van der Waals surface area contributed by atoms with E-state index in [2.05, 4.69) is 53.6 Å². The number of rotatable bonds is 11. The van der Waals surface area contributed by atoms with Crippen LogP contribution in [0, 0.1) is 11.8 Å². The first-order chi connectivity index (χ1) is 15.2. The monoisotopic (exact) mass is 558 g/mol. The molecule has 182 valence electrons. The Morgan fingerprint density at radius 1 is 1.16 bits per heavy atom. The molecule has 2 heterocycles. The van der Waals surface area contributed by atoms with Crippen LogP contribution in [0.5, 0.6) is 0 Å². The zero-order chi connectivity index (χ0) is 21.7. The van der Waals surface area contributed by atoms with Crippen molar-refractivity contribution in [2.24, 2.45) is 16.8 Å². The van der Waals surface area contributed by atoms with Crippen molar-refractivity contribution in [3.8, 4) is 0 Å². The molecular weight excluding hydrogens is 515 g/mol. The molecule has 0 radical (unpaired) electrons. The van der Waals surface area contributed by atoms with E-state index in [1.165, 1.54) is 37.1 Å². The molecule has 1 atom stereocenters. The van der Waals surface area contributed by atoms with E-state index < -0.39 is 0 Å². The standard InChI is InChI=1S/C25H42N4O2.HI/c1-3-26-25(27-12-6-15-30-19-22-11-16-31-20-22)28-17-23-7-4-5-8-24(23)18-29-13-9-21(2)10-14-29;/h4-5,7-8,21-22H,3,6,9-20H2,1-2H3,(H2,26,27,28);1H. The van der Waals surface area contributed by atoms with Crippen LogP contribution >= 0.6 is 24.0 Å². The number of nitrogens with one attached hydrogen (secondary N) is 2. The minimum atomic E-state index is 0. The fourth-order valence-corrected chi connectivity index (χ4v) is 4.18. The highest BCUT2D eigenvalue weighted by atomic mass is 127. The second kappa shape index (κ2) is 15.9. The number of nitrogens with zero attached hydrogens (tertiary/aromatic N) is 2. The lowest BCUT2D eigenvalue weighted by Gasteiger charge is -2.30. The quantitative estimate of drug-likeness (QED) is 0.186. The van der Waals surface area contributed by atoms with Crippen LogP contribution in [0.4, 0.5) is 0 Å². The molecule has 0 saturated carbocycles. The Morgan fingerprint density at radius 3 is 2.66 bits per heavy atom. The molecular formula is C25H43IN4O2. The number of guanidine groups is 1. The lowest BCUT2D eigenvalue weighted by molar-refractivity contribution is 0.0888. The summed E-state index contributed by atoms with van der Waals surface area (Å²) in [6, 6.07) is 8.75. The number of likely N-dealkylation sites (tertiary alicyclic amines) is 1. The third-order valence-electron chi connectivity index (χ3n) is 6.28. The highest BCUT2D eigenvalue weighted by Crippen LogP contribution is 2.20. The van der Waals surface area contributed by atoms with Gasteiger partial charge in [-0.2, -0.15) is 0 Å². The minimum absolute atomic E-state index is 0. The highest BCUT2D eigenvalue weighted by molar-refractivity contribution is 14.0. The Bertz CT molecular complexity index is 659. The van der Waals surface area contributed by atoms with Gasteiger partial charge < -0.3 is 20.1 Å². The third kappa shape index (κ3) is 9.93. The van der Waals surface area contributed by atoms with Crippen molar-refractivity contribution < 1.29 is 9.47 Å². The van der Waals surface area contributed by atoms with E-state index >= 15 is 0 Å². The largest absolute Gasteiger partial charge is 0.381 e. The number of hydrogen-bond acceptors (Lipinski definition) is 4. The second-order valence-corrected chi connectivity index (χ2v) is 9.01. The maximum atomic E-state index is 5.80. The molecule has 0 amide bonds. The van der Waals surface area contributed by atoms with Crippen LogP contribution in [0.25, 0.3) is 0 Å². The number of benzene rings is 1. The first kappa shape index (κ1) is 27.3. The molecule has 2 fully saturated rings. The van der Waals surface area contributed by atoms with Crippen LogP contribution in [0.3, 0.4) is 0 Å². The van der Waals surface area contributed by atoms with Crippen molar-refractivity contribution in [2.75, 3.05) is 52.6 Å². The molecule has 2 aliphatic rings. The summed E-state index contributed by atoms with van der Waals surface area (Å²) < 4.78 is 11.2.